The van der Waals surface area contributed by atoms with E-state index in [9.17, 15) is 9.28 Å². The van der Waals surface area contributed by atoms with Gasteiger partial charge in [0.25, 0.3) is 0 Å². The maximum Gasteiger partial charge on any atom is 0.438 e. The van der Waals surface area contributed by atoms with Gasteiger partial charge in [-0.25, -0.2) is 4.79 Å². The number of hydrogen-bond donors (Lipinski definition) is 0. The molecule has 3 nitrogen and oxygen atoms in total. The van der Waals surface area contributed by atoms with Crippen molar-refractivity contribution in [2.24, 2.45) is 0 Å². The third-order valence-electron chi connectivity index (χ3n) is 0.869. The number of hydrogen-bond acceptors (Lipinski definition) is 2. The highest BCUT2D eigenvalue weighted by Crippen LogP contribution is 2.09. The third kappa shape index (κ3) is 4.58. The molecule has 0 unspecified atom stereocenters. The van der Waals surface area contributed by atoms with Crippen molar-refractivity contribution in [3.05, 3.63) is 0 Å². The van der Waals surface area contributed by atoms with Gasteiger partial charge < -0.3 is 4.74 Å². The van der Waals surface area contributed by atoms with Gasteiger partial charge in [0.05, 0.1) is 6.54 Å². The summed E-state index contributed by atoms with van der Waals surface area (Å²) in [5.74, 6) is 0. The van der Waals surface area contributed by atoms with Gasteiger partial charge >= 0.3 is 6.09 Å². The highest BCUT2D eigenvalue weighted by Gasteiger charge is 2.20. The molecule has 0 aromatic heterocycles. The van der Waals surface area contributed by atoms with E-state index in [0.717, 1.165) is 0 Å². The molecule has 0 fully saturated rings. The Morgan fingerprint density at radius 2 is 2.00 bits per heavy atom. The Bertz CT molecular complexity index is 142. The molecule has 0 aliphatic carbocycles. The first-order valence-electron chi connectivity index (χ1n) is 3.53. The van der Waals surface area contributed by atoms with Gasteiger partial charge in [0.1, 0.15) is 5.60 Å². The maximum absolute atomic E-state index is 12.4. The molecule has 1 amide bonds. The van der Waals surface area contributed by atoms with Crippen LogP contribution in [0.15, 0.2) is 0 Å². The molecule has 0 aliphatic heterocycles. The molecule has 0 bridgehead atoms. The molecule has 0 aliphatic rings. The lowest BCUT2D eigenvalue weighted by Crippen LogP contribution is -2.31. The summed E-state index contributed by atoms with van der Waals surface area (Å²) in [5, 5.41) is 0.0330. The van der Waals surface area contributed by atoms with Crippen LogP contribution >= 0.6 is 0 Å². The number of halogens is 1. The lowest BCUT2D eigenvalue weighted by atomic mass is 10.2. The van der Waals surface area contributed by atoms with Gasteiger partial charge in [-0.2, -0.15) is 0 Å². The van der Waals surface area contributed by atoms with Crippen LogP contribution < -0.4 is 0 Å². The van der Waals surface area contributed by atoms with E-state index in [-0.39, 0.29) is 11.7 Å². The first kappa shape index (κ1) is 10.2. The van der Waals surface area contributed by atoms with Crippen molar-refractivity contribution in [3.63, 3.8) is 0 Å². The Hall–Kier alpha value is -0.800. The van der Waals surface area contributed by atoms with Crippen LogP contribution in [-0.4, -0.2) is 23.4 Å². The minimum Gasteiger partial charge on any atom is -0.442 e. The molecule has 0 saturated carbocycles. The highest BCUT2D eigenvalue weighted by atomic mass is 19.2. The summed E-state index contributed by atoms with van der Waals surface area (Å²) in [7, 11) is 0. The zero-order valence-corrected chi connectivity index (χ0v) is 7.35. The van der Waals surface area contributed by atoms with E-state index < -0.39 is 11.7 Å². The number of nitrogens with zero attached hydrogens (tertiary/aromatic N) is 1. The molecule has 4 heteroatoms. The average Bonchev–Trinajstić information content (AvgIpc) is 1.82. The summed E-state index contributed by atoms with van der Waals surface area (Å²) in [6, 6.07) is 0. The zero-order valence-electron chi connectivity index (χ0n) is 7.35. The number of carbonyl (C=O) groups excluding carboxylic acids is 1. The van der Waals surface area contributed by atoms with Crippen LogP contribution in [0.5, 0.6) is 0 Å². The van der Waals surface area contributed by atoms with Gasteiger partial charge in [-0.3, -0.25) is 0 Å². The fourth-order valence-electron chi connectivity index (χ4n) is 0.441. The van der Waals surface area contributed by atoms with Gasteiger partial charge in [-0.15, -0.1) is 5.12 Å². The summed E-state index contributed by atoms with van der Waals surface area (Å²) in [5.41, 5.74) is -0.628. The normalized spacial score (nSPS) is 11.0. The van der Waals surface area contributed by atoms with E-state index in [1.54, 1.807) is 20.8 Å². The molecule has 0 N–H and O–H groups in total. The summed E-state index contributed by atoms with van der Waals surface area (Å²) < 4.78 is 17.1. The maximum atomic E-state index is 12.4. The largest absolute Gasteiger partial charge is 0.442 e. The second-order valence-corrected chi connectivity index (χ2v) is 3.16. The van der Waals surface area contributed by atoms with Crippen molar-refractivity contribution in [3.8, 4) is 0 Å². The van der Waals surface area contributed by atoms with E-state index in [4.69, 9.17) is 4.74 Å². The molecular formula is C7H14FNO2. The first-order chi connectivity index (χ1) is 4.87. The fraction of sp³-hybridized carbons (Fsp3) is 0.857. The van der Waals surface area contributed by atoms with Crippen LogP contribution in [0.3, 0.4) is 0 Å². The topological polar surface area (TPSA) is 29.5 Å². The summed E-state index contributed by atoms with van der Waals surface area (Å²) >= 11 is 0. The molecule has 0 aromatic rings. The minimum atomic E-state index is -0.931. The Morgan fingerprint density at radius 1 is 1.55 bits per heavy atom. The summed E-state index contributed by atoms with van der Waals surface area (Å²) in [6.07, 6.45) is -0.931. The van der Waals surface area contributed by atoms with Crippen molar-refractivity contribution in [2.75, 3.05) is 6.54 Å². The van der Waals surface area contributed by atoms with Gasteiger partial charge in [0.2, 0.25) is 0 Å². The predicted molar refractivity (Wildman–Crippen MR) is 39.7 cm³/mol. The minimum absolute atomic E-state index is 0.00884. The average molecular weight is 163 g/mol. The number of amides is 1. The number of rotatable bonds is 1. The Labute approximate surface area is 66.1 Å². The molecule has 11 heavy (non-hydrogen) atoms. The van der Waals surface area contributed by atoms with Crippen molar-refractivity contribution < 1.29 is 14.0 Å². The van der Waals surface area contributed by atoms with Gasteiger partial charge in [-0.05, 0) is 27.7 Å². The molecule has 0 rings (SSSR count). The second-order valence-electron chi connectivity index (χ2n) is 3.16. The van der Waals surface area contributed by atoms with Gasteiger partial charge in [0, 0.05) is 0 Å². The van der Waals surface area contributed by atoms with E-state index in [1.807, 2.05) is 0 Å². The van der Waals surface area contributed by atoms with E-state index >= 15 is 0 Å². The van der Waals surface area contributed by atoms with Crippen LogP contribution in [0.1, 0.15) is 27.7 Å². The van der Waals surface area contributed by atoms with Crippen molar-refractivity contribution in [2.45, 2.75) is 33.3 Å². The van der Waals surface area contributed by atoms with E-state index in [1.165, 1.54) is 6.92 Å². The van der Waals surface area contributed by atoms with Crippen LogP contribution in [0.2, 0.25) is 0 Å². The van der Waals surface area contributed by atoms with Crippen LogP contribution in [0, 0.1) is 0 Å². The molecule has 0 atom stereocenters. The highest BCUT2D eigenvalue weighted by molar-refractivity contribution is 5.66. The van der Waals surface area contributed by atoms with Gasteiger partial charge in [0.15, 0.2) is 0 Å². The number of ether oxygens (including phenoxy) is 1. The molecule has 0 aromatic carbocycles. The van der Waals surface area contributed by atoms with Crippen molar-refractivity contribution in [1.82, 2.24) is 5.12 Å². The summed E-state index contributed by atoms with van der Waals surface area (Å²) in [6.45, 7) is 6.61. The molecule has 66 valence electrons. The van der Waals surface area contributed by atoms with Gasteiger partial charge in [-0.1, -0.05) is 4.48 Å². The van der Waals surface area contributed by atoms with E-state index in [0.29, 0.717) is 0 Å². The molecular weight excluding hydrogens is 149 g/mol. The van der Waals surface area contributed by atoms with Crippen molar-refractivity contribution in [1.29, 1.82) is 0 Å². The molecule has 0 heterocycles. The van der Waals surface area contributed by atoms with Crippen LogP contribution in [0.4, 0.5) is 9.28 Å². The predicted octanol–water partition coefficient (Wildman–Crippen LogP) is 2.13. The van der Waals surface area contributed by atoms with E-state index in [2.05, 4.69) is 0 Å². The van der Waals surface area contributed by atoms with Crippen LogP contribution in [0.25, 0.3) is 0 Å². The molecule has 0 radical (unpaired) electrons. The molecule has 0 saturated heterocycles. The Balaban J connectivity index is 3.88. The quantitative estimate of drug-likeness (QED) is 0.554. The third-order valence-corrected chi connectivity index (χ3v) is 0.869. The smallest absolute Gasteiger partial charge is 0.438 e. The Kier molecular flexibility index (Phi) is 3.29. The standard InChI is InChI=1S/C7H14FNO2/c1-5-9(8)6(10)11-7(2,3)4/h5H2,1-4H3. The van der Waals surface area contributed by atoms with Crippen molar-refractivity contribution >= 4 is 6.09 Å². The van der Waals surface area contributed by atoms with Crippen LogP contribution in [-0.2, 0) is 4.74 Å². The summed E-state index contributed by atoms with van der Waals surface area (Å²) in [4.78, 5) is 10.7. The lowest BCUT2D eigenvalue weighted by Gasteiger charge is -2.21. The second kappa shape index (κ2) is 3.55. The number of carbonyl (C=O) groups is 1. The SMILES string of the molecule is CCN(F)C(=O)OC(C)(C)C. The zero-order chi connectivity index (χ0) is 9.07. The Morgan fingerprint density at radius 3 is 2.27 bits per heavy atom. The molecule has 0 spiro atoms. The fourth-order valence-corrected chi connectivity index (χ4v) is 0.441. The lowest BCUT2D eigenvalue weighted by molar-refractivity contribution is -0.0280. The monoisotopic (exact) mass is 163 g/mol. The first-order valence-corrected chi connectivity index (χ1v) is 3.53.